The summed E-state index contributed by atoms with van der Waals surface area (Å²) in [6, 6.07) is 16.3. The van der Waals surface area contributed by atoms with Crippen molar-refractivity contribution in [3.8, 4) is 0 Å². The monoisotopic (exact) mass is 585 g/mol. The number of rotatable bonds is 6. The predicted molar refractivity (Wildman–Crippen MR) is 154 cm³/mol. The Morgan fingerprint density at radius 2 is 1.63 bits per heavy atom. The van der Waals surface area contributed by atoms with Gasteiger partial charge in [-0.15, -0.1) is 0 Å². The molecule has 1 atom stereocenters. The van der Waals surface area contributed by atoms with Gasteiger partial charge in [0.1, 0.15) is 11.6 Å². The number of H-pyrrole nitrogens is 1. The van der Waals surface area contributed by atoms with E-state index in [0.717, 1.165) is 5.56 Å². The van der Waals surface area contributed by atoms with Gasteiger partial charge in [-0.3, -0.25) is 29.4 Å². The van der Waals surface area contributed by atoms with Crippen LogP contribution in [0, 0.1) is 11.6 Å². The average Bonchev–Trinajstić information content (AvgIpc) is 3.00. The van der Waals surface area contributed by atoms with E-state index in [9.17, 15) is 28.0 Å². The zero-order valence-electron chi connectivity index (χ0n) is 23.2. The standard InChI is InChI=1S/C32H29F2N5O4/c33-26-9-6-19(17-28-22-3-1-2-4-23(22)31(42)37-36-28)15-25(26)32(43)39-13-11-38(12-14-39)18-20-5-7-21(27(34)16-20)24-8-10-29(40)35-30(24)41/h1-7,9,15-16,24H,8,10-14,17-18H2,(H,37,42)(H,35,40,41). The van der Waals surface area contributed by atoms with Crippen molar-refractivity contribution in [3.63, 3.8) is 0 Å². The number of carbonyl (C=O) groups is 3. The summed E-state index contributed by atoms with van der Waals surface area (Å²) in [7, 11) is 0. The maximum Gasteiger partial charge on any atom is 0.272 e. The molecule has 2 saturated heterocycles. The van der Waals surface area contributed by atoms with Gasteiger partial charge in [0.25, 0.3) is 11.5 Å². The third-order valence-electron chi connectivity index (χ3n) is 8.15. The third-order valence-corrected chi connectivity index (χ3v) is 8.15. The second kappa shape index (κ2) is 11.8. The normalized spacial score (nSPS) is 17.7. The minimum absolute atomic E-state index is 0.0224. The van der Waals surface area contributed by atoms with Gasteiger partial charge in [0.2, 0.25) is 11.8 Å². The molecule has 0 saturated carbocycles. The van der Waals surface area contributed by atoms with Crippen molar-refractivity contribution in [3.05, 3.63) is 111 Å². The van der Waals surface area contributed by atoms with Gasteiger partial charge in [-0.25, -0.2) is 13.9 Å². The Balaban J connectivity index is 1.09. The highest BCUT2D eigenvalue weighted by Gasteiger charge is 2.30. The van der Waals surface area contributed by atoms with E-state index in [1.807, 2.05) is 12.1 Å². The molecule has 3 aromatic carbocycles. The molecule has 0 bridgehead atoms. The second-order valence-corrected chi connectivity index (χ2v) is 11.0. The molecule has 0 spiro atoms. The van der Waals surface area contributed by atoms with Crippen molar-refractivity contribution >= 4 is 28.5 Å². The van der Waals surface area contributed by atoms with Crippen LogP contribution in [0.15, 0.2) is 65.5 Å². The van der Waals surface area contributed by atoms with E-state index in [0.29, 0.717) is 61.2 Å². The molecule has 0 aliphatic carbocycles. The molecule has 4 aromatic rings. The molecule has 3 heterocycles. The first kappa shape index (κ1) is 28.4. The highest BCUT2D eigenvalue weighted by molar-refractivity contribution is 6.01. The van der Waals surface area contributed by atoms with Crippen LogP contribution in [0.4, 0.5) is 8.78 Å². The number of fused-ring (bicyclic) bond motifs is 1. The first-order valence-corrected chi connectivity index (χ1v) is 14.1. The lowest BCUT2D eigenvalue weighted by Gasteiger charge is -2.35. The Morgan fingerprint density at radius 3 is 2.37 bits per heavy atom. The maximum atomic E-state index is 14.9. The lowest BCUT2D eigenvalue weighted by Crippen LogP contribution is -2.48. The summed E-state index contributed by atoms with van der Waals surface area (Å²) in [5, 5.41) is 10.2. The van der Waals surface area contributed by atoms with E-state index < -0.39 is 29.4 Å². The van der Waals surface area contributed by atoms with Crippen LogP contribution in [-0.4, -0.2) is 63.9 Å². The van der Waals surface area contributed by atoms with Crippen LogP contribution < -0.4 is 10.9 Å². The number of halogens is 2. The minimum Gasteiger partial charge on any atom is -0.336 e. The molecule has 2 aliphatic rings. The smallest absolute Gasteiger partial charge is 0.272 e. The number of imide groups is 1. The zero-order chi connectivity index (χ0) is 30.1. The van der Waals surface area contributed by atoms with Gasteiger partial charge in [0.05, 0.1) is 22.6 Å². The van der Waals surface area contributed by atoms with Gasteiger partial charge in [-0.1, -0.05) is 36.4 Å². The predicted octanol–water partition coefficient (Wildman–Crippen LogP) is 3.27. The number of aromatic nitrogens is 2. The number of nitrogens with zero attached hydrogens (tertiary/aromatic N) is 3. The van der Waals surface area contributed by atoms with E-state index in [4.69, 9.17) is 0 Å². The van der Waals surface area contributed by atoms with Crippen LogP contribution in [0.25, 0.3) is 10.8 Å². The number of piperidine rings is 1. The summed E-state index contributed by atoms with van der Waals surface area (Å²) in [6.07, 6.45) is 0.768. The molecule has 3 amide bonds. The summed E-state index contributed by atoms with van der Waals surface area (Å²) in [6.45, 7) is 2.27. The van der Waals surface area contributed by atoms with Crippen molar-refractivity contribution in [2.45, 2.75) is 31.7 Å². The molecule has 11 heteroatoms. The lowest BCUT2D eigenvalue weighted by molar-refractivity contribution is -0.134. The van der Waals surface area contributed by atoms with Gasteiger partial charge in [0.15, 0.2) is 0 Å². The van der Waals surface area contributed by atoms with Gasteiger partial charge in [-0.05, 0) is 41.8 Å². The van der Waals surface area contributed by atoms with Gasteiger partial charge in [0, 0.05) is 56.5 Å². The van der Waals surface area contributed by atoms with Crippen LogP contribution in [0.1, 0.15) is 51.5 Å². The Morgan fingerprint density at radius 1 is 0.884 bits per heavy atom. The highest BCUT2D eigenvalue weighted by Crippen LogP contribution is 2.28. The Bertz CT molecular complexity index is 1800. The topological polar surface area (TPSA) is 115 Å². The molecule has 0 radical (unpaired) electrons. The van der Waals surface area contributed by atoms with Crippen molar-refractivity contribution < 1.29 is 23.2 Å². The summed E-state index contributed by atoms with van der Waals surface area (Å²) < 4.78 is 29.8. The molecule has 2 aliphatic heterocycles. The molecule has 2 N–H and O–H groups in total. The van der Waals surface area contributed by atoms with E-state index >= 15 is 0 Å². The number of aromatic amines is 1. The quantitative estimate of drug-likeness (QED) is 0.336. The van der Waals surface area contributed by atoms with Crippen molar-refractivity contribution in [2.24, 2.45) is 0 Å². The number of hydrogen-bond donors (Lipinski definition) is 2. The third kappa shape index (κ3) is 5.94. The Kier molecular flexibility index (Phi) is 7.81. The first-order chi connectivity index (χ1) is 20.8. The fourth-order valence-corrected chi connectivity index (χ4v) is 5.83. The number of amides is 3. The van der Waals surface area contributed by atoms with E-state index in [1.165, 1.54) is 12.1 Å². The second-order valence-electron chi connectivity index (χ2n) is 11.0. The van der Waals surface area contributed by atoms with Crippen LogP contribution in [-0.2, 0) is 22.6 Å². The zero-order valence-corrected chi connectivity index (χ0v) is 23.2. The van der Waals surface area contributed by atoms with Crippen molar-refractivity contribution in [1.82, 2.24) is 25.3 Å². The number of hydrogen-bond acceptors (Lipinski definition) is 6. The molecule has 9 nitrogen and oxygen atoms in total. The summed E-state index contributed by atoms with van der Waals surface area (Å²) >= 11 is 0. The average molecular weight is 586 g/mol. The summed E-state index contributed by atoms with van der Waals surface area (Å²) in [5.74, 6) is -3.01. The maximum absolute atomic E-state index is 14.9. The Hall–Kier alpha value is -4.77. The first-order valence-electron chi connectivity index (χ1n) is 14.1. The van der Waals surface area contributed by atoms with Gasteiger partial charge < -0.3 is 4.90 Å². The van der Waals surface area contributed by atoms with Crippen LogP contribution >= 0.6 is 0 Å². The van der Waals surface area contributed by atoms with Gasteiger partial charge in [-0.2, -0.15) is 5.10 Å². The largest absolute Gasteiger partial charge is 0.336 e. The lowest BCUT2D eigenvalue weighted by atomic mass is 9.89. The number of nitrogens with one attached hydrogen (secondary N) is 2. The Labute approximate surface area is 245 Å². The van der Waals surface area contributed by atoms with Gasteiger partial charge >= 0.3 is 0 Å². The summed E-state index contributed by atoms with van der Waals surface area (Å²) in [4.78, 5) is 52.7. The summed E-state index contributed by atoms with van der Waals surface area (Å²) in [5.41, 5.74) is 2.01. The van der Waals surface area contributed by atoms with E-state index in [-0.39, 0.29) is 35.4 Å². The molecular weight excluding hydrogens is 556 g/mol. The SMILES string of the molecule is O=C1CCC(c2ccc(CN3CCN(C(=O)c4cc(Cc5n[nH]c(=O)c6ccccc56)ccc4F)CC3)cc2F)C(=O)N1. The van der Waals surface area contributed by atoms with E-state index in [1.54, 1.807) is 41.3 Å². The molecule has 2 fully saturated rings. The number of piperazine rings is 1. The molecule has 6 rings (SSSR count). The molecule has 1 unspecified atom stereocenters. The fraction of sp³-hybridized carbons (Fsp3) is 0.281. The van der Waals surface area contributed by atoms with Crippen LogP contribution in [0.2, 0.25) is 0 Å². The fourth-order valence-electron chi connectivity index (χ4n) is 5.83. The number of benzene rings is 3. The molecular formula is C32H29F2N5O4. The minimum atomic E-state index is -0.687. The van der Waals surface area contributed by atoms with Crippen LogP contribution in [0.5, 0.6) is 0 Å². The molecule has 1 aromatic heterocycles. The number of carbonyl (C=O) groups excluding carboxylic acids is 3. The molecule has 43 heavy (non-hydrogen) atoms. The van der Waals surface area contributed by atoms with Crippen molar-refractivity contribution in [1.29, 1.82) is 0 Å². The molecule has 220 valence electrons. The van der Waals surface area contributed by atoms with Crippen LogP contribution in [0.3, 0.4) is 0 Å². The highest BCUT2D eigenvalue weighted by atomic mass is 19.1. The van der Waals surface area contributed by atoms with E-state index in [2.05, 4.69) is 20.4 Å². The van der Waals surface area contributed by atoms with Crippen molar-refractivity contribution in [2.75, 3.05) is 26.2 Å².